The van der Waals surface area contributed by atoms with E-state index >= 15 is 0 Å². The molecule has 2 bridgehead atoms. The summed E-state index contributed by atoms with van der Waals surface area (Å²) in [4.78, 5) is 25.7. The van der Waals surface area contributed by atoms with Gasteiger partial charge in [0, 0.05) is 24.7 Å². The van der Waals surface area contributed by atoms with E-state index in [1.54, 1.807) is 13.1 Å². The highest BCUT2D eigenvalue weighted by molar-refractivity contribution is 7.13. The first-order valence-electron chi connectivity index (χ1n) is 11.1. The first kappa shape index (κ1) is 22.0. The molecule has 3 aliphatic heterocycles. The van der Waals surface area contributed by atoms with E-state index in [9.17, 15) is 9.90 Å². The zero-order valence-electron chi connectivity index (χ0n) is 19.1. The van der Waals surface area contributed by atoms with E-state index in [0.29, 0.717) is 36.0 Å². The van der Waals surface area contributed by atoms with Crippen molar-refractivity contribution >= 4 is 34.5 Å². The van der Waals surface area contributed by atoms with Gasteiger partial charge in [-0.15, -0.1) is 11.3 Å². The fourth-order valence-corrected chi connectivity index (χ4v) is 5.00. The number of piperazine rings is 1. The predicted octanol–water partition coefficient (Wildman–Crippen LogP) is 3.91. The van der Waals surface area contributed by atoms with Crippen LogP contribution in [0.1, 0.15) is 34.1 Å². The number of nitrogens with zero attached hydrogens (tertiary/aromatic N) is 4. The summed E-state index contributed by atoms with van der Waals surface area (Å²) in [5.41, 5.74) is 1.53. The zero-order valence-corrected chi connectivity index (χ0v) is 20.0. The highest BCUT2D eigenvalue weighted by Crippen LogP contribution is 2.40. The maximum atomic E-state index is 12.6. The topological polar surface area (TPSA) is 101 Å². The van der Waals surface area contributed by atoms with Crippen molar-refractivity contribution in [2.24, 2.45) is 0 Å². The van der Waals surface area contributed by atoms with Crippen LogP contribution >= 0.6 is 11.3 Å². The van der Waals surface area contributed by atoms with Crippen molar-refractivity contribution in [3.05, 3.63) is 23.7 Å². The minimum atomic E-state index is -0.599. The number of oxazole rings is 1. The standard InChI is InChI=1S/C23H28N4O5S/c1-13(28)12-30-17-6-5-16(20-24-7-8-33-20)19-18(17)25-21(31-19)26-10-14-9-15(11-26)27(14)22(29)32-23(2,3)4/h5-8,13-15,28H,9-12H2,1-4H3. The van der Waals surface area contributed by atoms with Crippen molar-refractivity contribution < 1.29 is 23.8 Å². The second-order valence-electron chi connectivity index (χ2n) is 9.62. The van der Waals surface area contributed by atoms with Crippen molar-refractivity contribution in [3.63, 3.8) is 0 Å². The molecule has 0 saturated carbocycles. The van der Waals surface area contributed by atoms with Crippen LogP contribution in [0.25, 0.3) is 21.7 Å². The van der Waals surface area contributed by atoms with Crippen LogP contribution in [0.2, 0.25) is 0 Å². The summed E-state index contributed by atoms with van der Waals surface area (Å²) >= 11 is 1.52. The molecule has 3 aliphatic rings. The molecule has 10 heteroatoms. The highest BCUT2D eigenvalue weighted by Gasteiger charge is 2.49. The van der Waals surface area contributed by atoms with Crippen LogP contribution in [0.5, 0.6) is 5.75 Å². The Labute approximate surface area is 195 Å². The van der Waals surface area contributed by atoms with Gasteiger partial charge in [-0.25, -0.2) is 9.78 Å². The number of thiazole rings is 1. The molecule has 1 aromatic carbocycles. The fraction of sp³-hybridized carbons (Fsp3) is 0.522. The molecule has 0 aliphatic carbocycles. The van der Waals surface area contributed by atoms with Crippen LogP contribution in [0.4, 0.5) is 10.8 Å². The number of carbonyl (C=O) groups excluding carboxylic acids is 1. The first-order chi connectivity index (χ1) is 15.7. The van der Waals surface area contributed by atoms with Crippen LogP contribution in [-0.2, 0) is 4.74 Å². The number of anilines is 1. The monoisotopic (exact) mass is 472 g/mol. The van der Waals surface area contributed by atoms with Gasteiger partial charge in [-0.2, -0.15) is 4.98 Å². The number of aliphatic hydroxyl groups is 1. The van der Waals surface area contributed by atoms with Crippen LogP contribution in [0, 0.1) is 0 Å². The van der Waals surface area contributed by atoms with Gasteiger partial charge in [-0.3, -0.25) is 4.90 Å². The molecule has 3 unspecified atom stereocenters. The number of rotatable bonds is 5. The zero-order chi connectivity index (χ0) is 23.3. The van der Waals surface area contributed by atoms with Gasteiger partial charge in [-0.05, 0) is 46.2 Å². The number of fused-ring (bicyclic) bond motifs is 3. The molecular weight excluding hydrogens is 444 g/mol. The number of amides is 1. The van der Waals surface area contributed by atoms with Gasteiger partial charge in [0.15, 0.2) is 11.1 Å². The SMILES string of the molecule is CC(O)COc1ccc(-c2nccs2)c2oc(N3CC4CC(C3)N4C(=O)OC(C)(C)C)nc12. The van der Waals surface area contributed by atoms with E-state index in [1.807, 2.05) is 43.2 Å². The third kappa shape index (κ3) is 4.24. The van der Waals surface area contributed by atoms with E-state index in [-0.39, 0.29) is 24.8 Å². The summed E-state index contributed by atoms with van der Waals surface area (Å²) in [6, 6.07) is 4.38. The van der Waals surface area contributed by atoms with Gasteiger partial charge >= 0.3 is 6.09 Å². The Bertz CT molecular complexity index is 1140. The third-order valence-electron chi connectivity index (χ3n) is 5.71. The Kier molecular flexibility index (Phi) is 5.44. The number of piperidine rings is 1. The Hall–Kier alpha value is -2.85. The van der Waals surface area contributed by atoms with Gasteiger partial charge in [-0.1, -0.05) is 0 Å². The molecule has 2 aromatic heterocycles. The number of aliphatic hydroxyl groups excluding tert-OH is 1. The van der Waals surface area contributed by atoms with Crippen molar-refractivity contribution in [2.75, 3.05) is 24.6 Å². The molecule has 6 rings (SSSR count). The largest absolute Gasteiger partial charge is 0.488 e. The summed E-state index contributed by atoms with van der Waals surface area (Å²) in [6.45, 7) is 8.71. The molecular formula is C23H28N4O5S. The van der Waals surface area contributed by atoms with Crippen molar-refractivity contribution in [1.82, 2.24) is 14.9 Å². The van der Waals surface area contributed by atoms with E-state index in [2.05, 4.69) is 9.88 Å². The molecule has 1 N–H and O–H groups in total. The van der Waals surface area contributed by atoms with E-state index in [1.165, 1.54) is 11.3 Å². The molecule has 9 nitrogen and oxygen atoms in total. The Morgan fingerprint density at radius 2 is 2.09 bits per heavy atom. The van der Waals surface area contributed by atoms with E-state index < -0.39 is 11.7 Å². The quantitative estimate of drug-likeness (QED) is 0.597. The lowest BCUT2D eigenvalue weighted by atomic mass is 9.88. The number of aromatic nitrogens is 2. The van der Waals surface area contributed by atoms with E-state index in [4.69, 9.17) is 18.9 Å². The molecule has 1 amide bonds. The fourth-order valence-electron chi connectivity index (χ4n) is 4.34. The number of carbonyl (C=O) groups is 1. The molecule has 176 valence electrons. The Morgan fingerprint density at radius 3 is 2.73 bits per heavy atom. The van der Waals surface area contributed by atoms with Crippen LogP contribution in [0.3, 0.4) is 0 Å². The molecule has 3 aromatic rings. The maximum Gasteiger partial charge on any atom is 0.410 e. The maximum absolute atomic E-state index is 12.6. The molecule has 3 fully saturated rings. The van der Waals surface area contributed by atoms with Crippen molar-refractivity contribution in [3.8, 4) is 16.3 Å². The van der Waals surface area contributed by atoms with Crippen LogP contribution in [-0.4, -0.2) is 69.6 Å². The Balaban J connectivity index is 1.42. The molecule has 0 radical (unpaired) electrons. The normalized spacial score (nSPS) is 21.1. The number of benzene rings is 1. The average molecular weight is 473 g/mol. The summed E-state index contributed by atoms with van der Waals surface area (Å²) in [6.07, 6.45) is 1.84. The second kappa shape index (κ2) is 8.18. The van der Waals surface area contributed by atoms with E-state index in [0.717, 1.165) is 17.0 Å². The Morgan fingerprint density at radius 1 is 1.33 bits per heavy atom. The highest BCUT2D eigenvalue weighted by atomic mass is 32.1. The molecule has 5 heterocycles. The smallest absolute Gasteiger partial charge is 0.410 e. The minimum absolute atomic E-state index is 0.0676. The van der Waals surface area contributed by atoms with Crippen LogP contribution in [0.15, 0.2) is 28.1 Å². The first-order valence-corrected chi connectivity index (χ1v) is 12.0. The minimum Gasteiger partial charge on any atom is -0.488 e. The number of ether oxygens (including phenoxy) is 2. The summed E-state index contributed by atoms with van der Waals surface area (Å²) in [7, 11) is 0. The molecule has 3 atom stereocenters. The predicted molar refractivity (Wildman–Crippen MR) is 125 cm³/mol. The summed E-state index contributed by atoms with van der Waals surface area (Å²) < 4.78 is 17.6. The molecule has 33 heavy (non-hydrogen) atoms. The lowest BCUT2D eigenvalue weighted by molar-refractivity contribution is -0.0386. The van der Waals surface area contributed by atoms with Gasteiger partial charge < -0.3 is 23.9 Å². The third-order valence-corrected chi connectivity index (χ3v) is 6.51. The average Bonchev–Trinajstić information content (AvgIpc) is 3.41. The lowest BCUT2D eigenvalue weighted by Gasteiger charge is -2.55. The van der Waals surface area contributed by atoms with Crippen molar-refractivity contribution in [1.29, 1.82) is 0 Å². The lowest BCUT2D eigenvalue weighted by Crippen LogP contribution is -2.70. The summed E-state index contributed by atoms with van der Waals surface area (Å²) in [5.74, 6) is 0.554. The number of hydrogen-bond donors (Lipinski definition) is 1. The summed E-state index contributed by atoms with van der Waals surface area (Å²) in [5, 5.41) is 12.4. The van der Waals surface area contributed by atoms with Gasteiger partial charge in [0.1, 0.15) is 23.0 Å². The van der Waals surface area contributed by atoms with Gasteiger partial charge in [0.05, 0.1) is 23.8 Å². The molecule has 3 saturated heterocycles. The van der Waals surface area contributed by atoms with Crippen molar-refractivity contribution in [2.45, 2.75) is 57.9 Å². The van der Waals surface area contributed by atoms with Gasteiger partial charge in [0.25, 0.3) is 6.01 Å². The second-order valence-corrected chi connectivity index (χ2v) is 10.5. The molecule has 0 spiro atoms. The van der Waals surface area contributed by atoms with Crippen LogP contribution < -0.4 is 9.64 Å². The number of hydrogen-bond acceptors (Lipinski definition) is 9. The van der Waals surface area contributed by atoms with Gasteiger partial charge in [0.2, 0.25) is 0 Å².